The number of hydrogen-bond acceptors (Lipinski definition) is 4. The van der Waals surface area contributed by atoms with E-state index in [1.807, 2.05) is 23.9 Å². The number of hydrogen-bond donors (Lipinski definition) is 2. The molecule has 86 valence electrons. The zero-order chi connectivity index (χ0) is 11.2. The maximum absolute atomic E-state index is 5.42. The Kier molecular flexibility index (Phi) is 4.27. The van der Waals surface area contributed by atoms with Gasteiger partial charge in [-0.2, -0.15) is 0 Å². The quantitative estimate of drug-likeness (QED) is 0.834. The Bertz CT molecular complexity index is 354. The largest absolute Gasteiger partial charge is 0.492 e. The molecule has 0 unspecified atom stereocenters. The van der Waals surface area contributed by atoms with Crippen molar-refractivity contribution in [3.8, 4) is 5.75 Å². The van der Waals surface area contributed by atoms with Crippen molar-refractivity contribution in [3.63, 3.8) is 0 Å². The molecule has 1 aliphatic rings. The third-order valence-electron chi connectivity index (χ3n) is 2.25. The average Bonchev–Trinajstić information content (AvgIpc) is 2.81. The van der Waals surface area contributed by atoms with Gasteiger partial charge in [0, 0.05) is 23.9 Å². The van der Waals surface area contributed by atoms with Crippen molar-refractivity contribution in [2.45, 2.75) is 0 Å². The molecule has 1 aromatic carbocycles. The molecule has 1 aliphatic heterocycles. The molecule has 16 heavy (non-hydrogen) atoms. The van der Waals surface area contributed by atoms with Crippen molar-refractivity contribution in [1.82, 2.24) is 5.32 Å². The molecule has 2 rings (SSSR count). The van der Waals surface area contributed by atoms with E-state index in [1.165, 1.54) is 10.5 Å². The minimum absolute atomic E-state index is 0.550. The lowest BCUT2D eigenvalue weighted by Crippen LogP contribution is -2.10. The van der Waals surface area contributed by atoms with Crippen molar-refractivity contribution in [2.75, 3.05) is 25.6 Å². The summed E-state index contributed by atoms with van der Waals surface area (Å²) in [4.78, 5) is 1.38. The van der Waals surface area contributed by atoms with E-state index < -0.39 is 0 Å². The average molecular weight is 236 g/mol. The van der Waals surface area contributed by atoms with Crippen LogP contribution in [0.3, 0.4) is 0 Å². The van der Waals surface area contributed by atoms with Gasteiger partial charge in [0.15, 0.2) is 0 Å². The van der Waals surface area contributed by atoms with Crippen LogP contribution in [-0.2, 0) is 0 Å². The first-order valence-electron chi connectivity index (χ1n) is 5.35. The summed E-state index contributed by atoms with van der Waals surface area (Å²) in [6, 6.07) is 8.10. The summed E-state index contributed by atoms with van der Waals surface area (Å²) in [6.45, 7) is 2.10. The van der Waals surface area contributed by atoms with Crippen LogP contribution in [0.5, 0.6) is 5.75 Å². The minimum atomic E-state index is 0.550. The predicted octanol–water partition coefficient (Wildman–Crippen LogP) is 1.66. The van der Waals surface area contributed by atoms with Gasteiger partial charge in [-0.1, -0.05) is 12.1 Å². The van der Waals surface area contributed by atoms with Crippen LogP contribution in [0.2, 0.25) is 0 Å². The molecule has 0 aromatic heterocycles. The molecule has 0 spiro atoms. The highest BCUT2D eigenvalue weighted by atomic mass is 32.2. The van der Waals surface area contributed by atoms with Gasteiger partial charge in [0.05, 0.1) is 0 Å². The minimum Gasteiger partial charge on any atom is -0.492 e. The summed E-state index contributed by atoms with van der Waals surface area (Å²) in [5.41, 5.74) is 6.59. The van der Waals surface area contributed by atoms with E-state index in [9.17, 15) is 0 Å². The highest BCUT2D eigenvalue weighted by Crippen LogP contribution is 2.23. The van der Waals surface area contributed by atoms with Crippen LogP contribution in [0.25, 0.3) is 6.08 Å². The van der Waals surface area contributed by atoms with Crippen LogP contribution in [0.1, 0.15) is 5.56 Å². The van der Waals surface area contributed by atoms with E-state index in [4.69, 9.17) is 10.5 Å². The smallest absolute Gasteiger partial charge is 0.119 e. The normalized spacial score (nSPS) is 17.9. The fourth-order valence-corrected chi connectivity index (χ4v) is 2.30. The van der Waals surface area contributed by atoms with E-state index in [1.54, 1.807) is 0 Å². The number of ether oxygens (including phenoxy) is 1. The third kappa shape index (κ3) is 3.27. The number of rotatable bonds is 4. The molecule has 0 amide bonds. The van der Waals surface area contributed by atoms with Gasteiger partial charge in [-0.3, -0.25) is 0 Å². The van der Waals surface area contributed by atoms with E-state index in [0.29, 0.717) is 13.2 Å². The molecule has 1 heterocycles. The summed E-state index contributed by atoms with van der Waals surface area (Å²) >= 11 is 1.86. The van der Waals surface area contributed by atoms with Gasteiger partial charge in [-0.25, -0.2) is 0 Å². The van der Waals surface area contributed by atoms with E-state index in [2.05, 4.69) is 23.5 Å². The lowest BCUT2D eigenvalue weighted by atomic mass is 10.2. The number of benzene rings is 1. The van der Waals surface area contributed by atoms with Gasteiger partial charge < -0.3 is 15.8 Å². The predicted molar refractivity (Wildman–Crippen MR) is 69.4 cm³/mol. The topological polar surface area (TPSA) is 47.3 Å². The maximum Gasteiger partial charge on any atom is 0.119 e. The Hall–Kier alpha value is -0.970. The Morgan fingerprint density at radius 1 is 1.38 bits per heavy atom. The molecular weight excluding hydrogens is 220 g/mol. The first kappa shape index (κ1) is 11.5. The number of nitrogens with two attached hydrogens (primary N) is 1. The molecule has 3 nitrogen and oxygen atoms in total. The summed E-state index contributed by atoms with van der Waals surface area (Å²) in [5, 5.41) is 3.29. The van der Waals surface area contributed by atoms with Crippen LogP contribution in [0.15, 0.2) is 29.2 Å². The van der Waals surface area contributed by atoms with Crippen molar-refractivity contribution < 1.29 is 4.74 Å². The molecule has 0 aliphatic carbocycles. The van der Waals surface area contributed by atoms with Crippen LogP contribution >= 0.6 is 11.8 Å². The molecule has 1 fully saturated rings. The summed E-state index contributed by atoms with van der Waals surface area (Å²) in [6.07, 6.45) is 2.21. The monoisotopic (exact) mass is 236 g/mol. The first-order chi connectivity index (χ1) is 7.88. The van der Waals surface area contributed by atoms with Gasteiger partial charge in [0.1, 0.15) is 12.4 Å². The SMILES string of the molecule is NCCOc1ccc(/C=C2\CNCS2)cc1. The molecule has 1 aromatic rings. The maximum atomic E-state index is 5.42. The van der Waals surface area contributed by atoms with Gasteiger partial charge in [0.2, 0.25) is 0 Å². The van der Waals surface area contributed by atoms with Crippen molar-refractivity contribution in [1.29, 1.82) is 0 Å². The molecular formula is C12H16N2OS. The molecule has 0 radical (unpaired) electrons. The number of thioether (sulfide) groups is 1. The fourth-order valence-electron chi connectivity index (χ4n) is 1.48. The first-order valence-corrected chi connectivity index (χ1v) is 6.34. The second-order valence-corrected chi connectivity index (χ2v) is 4.63. The zero-order valence-electron chi connectivity index (χ0n) is 9.11. The lowest BCUT2D eigenvalue weighted by Gasteiger charge is -2.04. The molecule has 4 heteroatoms. The van der Waals surface area contributed by atoms with Crippen LogP contribution in [-0.4, -0.2) is 25.6 Å². The molecule has 1 saturated heterocycles. The van der Waals surface area contributed by atoms with E-state index in [0.717, 1.165) is 18.2 Å². The van der Waals surface area contributed by atoms with Crippen LogP contribution in [0.4, 0.5) is 0 Å². The number of nitrogens with one attached hydrogen (secondary N) is 1. The standard InChI is InChI=1S/C12H16N2OS/c13-5-6-15-11-3-1-10(2-4-11)7-12-8-14-9-16-12/h1-4,7,14H,5-6,8-9,13H2/b12-7+. The molecule has 0 atom stereocenters. The summed E-state index contributed by atoms with van der Waals surface area (Å²) in [5.74, 6) is 1.90. The lowest BCUT2D eigenvalue weighted by molar-refractivity contribution is 0.328. The van der Waals surface area contributed by atoms with Gasteiger partial charge in [-0.05, 0) is 23.8 Å². The Morgan fingerprint density at radius 3 is 2.81 bits per heavy atom. The highest BCUT2D eigenvalue weighted by Gasteiger charge is 2.05. The van der Waals surface area contributed by atoms with Crippen molar-refractivity contribution in [2.24, 2.45) is 5.73 Å². The van der Waals surface area contributed by atoms with E-state index in [-0.39, 0.29) is 0 Å². The molecule has 0 saturated carbocycles. The van der Waals surface area contributed by atoms with E-state index >= 15 is 0 Å². The Balaban J connectivity index is 1.98. The van der Waals surface area contributed by atoms with Crippen molar-refractivity contribution >= 4 is 17.8 Å². The summed E-state index contributed by atoms with van der Waals surface area (Å²) < 4.78 is 5.42. The second kappa shape index (κ2) is 5.94. The Labute approximate surface area is 100 Å². The second-order valence-electron chi connectivity index (χ2n) is 3.53. The van der Waals surface area contributed by atoms with Crippen LogP contribution < -0.4 is 15.8 Å². The van der Waals surface area contributed by atoms with Crippen molar-refractivity contribution in [3.05, 3.63) is 34.7 Å². The van der Waals surface area contributed by atoms with Gasteiger partial charge in [0.25, 0.3) is 0 Å². The molecule has 0 bridgehead atoms. The zero-order valence-corrected chi connectivity index (χ0v) is 9.93. The fraction of sp³-hybridized carbons (Fsp3) is 0.333. The third-order valence-corrected chi connectivity index (χ3v) is 3.23. The van der Waals surface area contributed by atoms with Gasteiger partial charge in [-0.15, -0.1) is 11.8 Å². The van der Waals surface area contributed by atoms with Crippen LogP contribution in [0, 0.1) is 0 Å². The van der Waals surface area contributed by atoms with Gasteiger partial charge >= 0.3 is 0 Å². The Morgan fingerprint density at radius 2 is 2.19 bits per heavy atom. The highest BCUT2D eigenvalue weighted by molar-refractivity contribution is 8.03. The summed E-state index contributed by atoms with van der Waals surface area (Å²) in [7, 11) is 0. The molecule has 3 N–H and O–H groups in total.